The molecule has 1 N–H and O–H groups in total. The highest BCUT2D eigenvalue weighted by Gasteiger charge is 2.19. The molecular weight excluding hydrogens is 276 g/mol. The number of aryl methyl sites for hydroxylation is 1. The molecule has 1 saturated heterocycles. The first-order chi connectivity index (χ1) is 9.49. The van der Waals surface area contributed by atoms with Crippen LogP contribution >= 0.6 is 11.8 Å². The number of aliphatic carboxylic acids is 1. The number of rotatable bonds is 5. The van der Waals surface area contributed by atoms with Gasteiger partial charge >= 0.3 is 11.7 Å². The molecule has 1 aliphatic heterocycles. The normalized spacial score (nSPS) is 18.4. The number of carboxylic acids is 1. The van der Waals surface area contributed by atoms with Crippen molar-refractivity contribution in [3.63, 3.8) is 0 Å². The standard InChI is InChI=1S/C14H20N2O3S/c1-9-12(3-4-13(17)18)10(2)16(14(19)15-9)7-11-5-6-20-8-11/h11H,3-8H2,1-2H3,(H,17,18). The molecule has 0 bridgehead atoms. The first-order valence-corrected chi connectivity index (χ1v) is 8.01. The zero-order chi connectivity index (χ0) is 14.7. The largest absolute Gasteiger partial charge is 0.481 e. The molecule has 2 rings (SSSR count). The van der Waals surface area contributed by atoms with Crippen molar-refractivity contribution in [1.29, 1.82) is 0 Å². The van der Waals surface area contributed by atoms with E-state index >= 15 is 0 Å². The molecule has 1 atom stereocenters. The van der Waals surface area contributed by atoms with Crippen LogP contribution in [0.15, 0.2) is 4.79 Å². The number of nitrogens with zero attached hydrogens (tertiary/aromatic N) is 2. The average Bonchev–Trinajstić information content (AvgIpc) is 2.86. The number of hydrogen-bond acceptors (Lipinski definition) is 4. The van der Waals surface area contributed by atoms with E-state index in [2.05, 4.69) is 4.98 Å². The van der Waals surface area contributed by atoms with Gasteiger partial charge in [0.2, 0.25) is 0 Å². The highest BCUT2D eigenvalue weighted by atomic mass is 32.2. The fourth-order valence-electron chi connectivity index (χ4n) is 2.63. The fraction of sp³-hybridized carbons (Fsp3) is 0.643. The summed E-state index contributed by atoms with van der Waals surface area (Å²) in [6.45, 7) is 4.38. The second-order valence-corrected chi connectivity index (χ2v) is 6.43. The van der Waals surface area contributed by atoms with E-state index in [0.29, 0.717) is 24.6 Å². The molecule has 20 heavy (non-hydrogen) atoms. The van der Waals surface area contributed by atoms with E-state index in [4.69, 9.17) is 5.11 Å². The smallest absolute Gasteiger partial charge is 0.347 e. The van der Waals surface area contributed by atoms with Gasteiger partial charge in [-0.25, -0.2) is 4.79 Å². The Bertz CT molecular complexity index is 562. The molecule has 6 heteroatoms. The number of thioether (sulfide) groups is 1. The second-order valence-electron chi connectivity index (χ2n) is 5.28. The quantitative estimate of drug-likeness (QED) is 0.894. The molecule has 0 spiro atoms. The minimum Gasteiger partial charge on any atom is -0.481 e. The summed E-state index contributed by atoms with van der Waals surface area (Å²) < 4.78 is 1.72. The van der Waals surface area contributed by atoms with E-state index in [1.807, 2.05) is 18.7 Å². The van der Waals surface area contributed by atoms with Crippen molar-refractivity contribution in [2.75, 3.05) is 11.5 Å². The summed E-state index contributed by atoms with van der Waals surface area (Å²) in [4.78, 5) is 26.9. The summed E-state index contributed by atoms with van der Waals surface area (Å²) in [5, 5.41) is 8.82. The topological polar surface area (TPSA) is 72.2 Å². The molecule has 1 aliphatic rings. The molecule has 1 aromatic rings. The summed E-state index contributed by atoms with van der Waals surface area (Å²) in [5.41, 5.74) is 2.22. The SMILES string of the molecule is Cc1nc(=O)n(CC2CCSC2)c(C)c1CCC(=O)O. The minimum atomic E-state index is -0.825. The third kappa shape index (κ3) is 3.42. The van der Waals surface area contributed by atoms with E-state index in [9.17, 15) is 9.59 Å². The van der Waals surface area contributed by atoms with Crippen molar-refractivity contribution in [3.05, 3.63) is 27.4 Å². The Labute approximate surface area is 122 Å². The van der Waals surface area contributed by atoms with Crippen molar-refractivity contribution >= 4 is 17.7 Å². The van der Waals surface area contributed by atoms with Crippen LogP contribution in [0.3, 0.4) is 0 Å². The van der Waals surface area contributed by atoms with Crippen LogP contribution in [0.5, 0.6) is 0 Å². The maximum absolute atomic E-state index is 12.1. The van der Waals surface area contributed by atoms with Crippen LogP contribution in [0.1, 0.15) is 29.8 Å². The zero-order valence-electron chi connectivity index (χ0n) is 11.9. The molecule has 0 amide bonds. The molecule has 5 nitrogen and oxygen atoms in total. The lowest BCUT2D eigenvalue weighted by molar-refractivity contribution is -0.136. The molecule has 110 valence electrons. The third-order valence-electron chi connectivity index (χ3n) is 3.83. The maximum Gasteiger partial charge on any atom is 0.347 e. The van der Waals surface area contributed by atoms with Crippen LogP contribution in [-0.2, 0) is 17.8 Å². The Kier molecular flexibility index (Phi) is 4.86. The van der Waals surface area contributed by atoms with Crippen molar-refractivity contribution in [1.82, 2.24) is 9.55 Å². The van der Waals surface area contributed by atoms with Gasteiger partial charge in [0.15, 0.2) is 0 Å². The molecule has 1 fully saturated rings. The second kappa shape index (κ2) is 6.43. The zero-order valence-corrected chi connectivity index (χ0v) is 12.7. The van der Waals surface area contributed by atoms with Gasteiger partial charge in [-0.3, -0.25) is 9.36 Å². The Morgan fingerprint density at radius 3 is 2.85 bits per heavy atom. The van der Waals surface area contributed by atoms with Gasteiger partial charge in [-0.1, -0.05) is 0 Å². The first kappa shape index (κ1) is 15.1. The summed E-state index contributed by atoms with van der Waals surface area (Å²) in [5.74, 6) is 1.94. The summed E-state index contributed by atoms with van der Waals surface area (Å²) in [6, 6.07) is 0. The molecule has 0 saturated carbocycles. The first-order valence-electron chi connectivity index (χ1n) is 6.85. The average molecular weight is 296 g/mol. The van der Waals surface area contributed by atoms with Gasteiger partial charge < -0.3 is 5.11 Å². The molecule has 0 aliphatic carbocycles. The number of carboxylic acid groups (broad SMARTS) is 1. The molecule has 0 aromatic carbocycles. The van der Waals surface area contributed by atoms with E-state index in [0.717, 1.165) is 29.2 Å². The van der Waals surface area contributed by atoms with E-state index in [1.165, 1.54) is 0 Å². The lowest BCUT2D eigenvalue weighted by Crippen LogP contribution is -2.30. The minimum absolute atomic E-state index is 0.0703. The molecule has 0 radical (unpaired) electrons. The van der Waals surface area contributed by atoms with Crippen LogP contribution < -0.4 is 5.69 Å². The van der Waals surface area contributed by atoms with Gasteiger partial charge in [0.1, 0.15) is 0 Å². The third-order valence-corrected chi connectivity index (χ3v) is 5.06. The lowest BCUT2D eigenvalue weighted by Gasteiger charge is -2.17. The van der Waals surface area contributed by atoms with Crippen LogP contribution in [-0.4, -0.2) is 32.1 Å². The summed E-state index contributed by atoms with van der Waals surface area (Å²) in [7, 11) is 0. The van der Waals surface area contributed by atoms with Crippen LogP contribution in [0.25, 0.3) is 0 Å². The van der Waals surface area contributed by atoms with Crippen molar-refractivity contribution in [3.8, 4) is 0 Å². The molecule has 1 unspecified atom stereocenters. The van der Waals surface area contributed by atoms with Gasteiger partial charge in [-0.2, -0.15) is 16.7 Å². The van der Waals surface area contributed by atoms with Gasteiger partial charge in [0.05, 0.1) is 0 Å². The van der Waals surface area contributed by atoms with Gasteiger partial charge in [0, 0.05) is 24.4 Å². The van der Waals surface area contributed by atoms with Crippen LogP contribution in [0.2, 0.25) is 0 Å². The van der Waals surface area contributed by atoms with E-state index < -0.39 is 5.97 Å². The highest BCUT2D eigenvalue weighted by molar-refractivity contribution is 7.99. The van der Waals surface area contributed by atoms with Gasteiger partial charge in [-0.15, -0.1) is 0 Å². The predicted molar refractivity (Wildman–Crippen MR) is 79.4 cm³/mol. The Morgan fingerprint density at radius 2 is 2.25 bits per heavy atom. The van der Waals surface area contributed by atoms with Crippen LogP contribution in [0.4, 0.5) is 0 Å². The fourth-order valence-corrected chi connectivity index (χ4v) is 3.91. The van der Waals surface area contributed by atoms with E-state index in [-0.39, 0.29) is 12.1 Å². The number of aromatic nitrogens is 2. The van der Waals surface area contributed by atoms with Crippen molar-refractivity contribution in [2.24, 2.45) is 5.92 Å². The van der Waals surface area contributed by atoms with Crippen LogP contribution in [0, 0.1) is 19.8 Å². The van der Waals surface area contributed by atoms with Gasteiger partial charge in [-0.05, 0) is 49.7 Å². The number of carbonyl (C=O) groups is 1. The predicted octanol–water partition coefficient (Wildman–Crippen LogP) is 1.63. The van der Waals surface area contributed by atoms with Crippen molar-refractivity contribution in [2.45, 2.75) is 39.7 Å². The summed E-state index contributed by atoms with van der Waals surface area (Å²) >= 11 is 1.92. The monoisotopic (exact) mass is 296 g/mol. The van der Waals surface area contributed by atoms with E-state index in [1.54, 1.807) is 11.5 Å². The Hall–Kier alpha value is -1.30. The molecule has 2 heterocycles. The molecule has 1 aromatic heterocycles. The molecular formula is C14H20N2O3S. The van der Waals surface area contributed by atoms with Gasteiger partial charge in [0.25, 0.3) is 0 Å². The highest BCUT2D eigenvalue weighted by Crippen LogP contribution is 2.25. The Morgan fingerprint density at radius 1 is 1.50 bits per heavy atom. The van der Waals surface area contributed by atoms with Crippen molar-refractivity contribution < 1.29 is 9.90 Å². The maximum atomic E-state index is 12.1. The lowest BCUT2D eigenvalue weighted by atomic mass is 10.1. The summed E-state index contributed by atoms with van der Waals surface area (Å²) in [6.07, 6.45) is 1.63. The Balaban J connectivity index is 2.28. The number of hydrogen-bond donors (Lipinski definition) is 1.